The summed E-state index contributed by atoms with van der Waals surface area (Å²) in [5.74, 6) is 0.557. The summed E-state index contributed by atoms with van der Waals surface area (Å²) in [6.07, 6.45) is 7.74. The van der Waals surface area contributed by atoms with Gasteiger partial charge < -0.3 is 25.4 Å². The van der Waals surface area contributed by atoms with E-state index in [1.165, 1.54) is 32.1 Å². The molecule has 0 unspecified atom stereocenters. The fraction of sp³-hybridized carbons (Fsp3) is 0.882. The molecule has 1 rings (SSSR count). The highest BCUT2D eigenvalue weighted by molar-refractivity contribution is 14.0. The van der Waals surface area contributed by atoms with Gasteiger partial charge in [-0.05, 0) is 26.2 Å². The summed E-state index contributed by atoms with van der Waals surface area (Å²) in [7, 11) is 1.61. The van der Waals surface area contributed by atoms with Crippen LogP contribution in [0.4, 0.5) is 0 Å². The smallest absolute Gasteiger partial charge is 0.241 e. The van der Waals surface area contributed by atoms with Crippen LogP contribution in [0.15, 0.2) is 4.99 Å². The van der Waals surface area contributed by atoms with Gasteiger partial charge in [-0.25, -0.2) is 4.99 Å². The summed E-state index contributed by atoms with van der Waals surface area (Å²) < 4.78 is 10.8. The third-order valence-electron chi connectivity index (χ3n) is 3.87. The lowest BCUT2D eigenvalue weighted by atomic mass is 9.98. The van der Waals surface area contributed by atoms with Crippen LogP contribution in [0.2, 0.25) is 0 Å². The molecule has 8 heteroatoms. The molecule has 1 aliphatic carbocycles. The van der Waals surface area contributed by atoms with Gasteiger partial charge in [0.05, 0.1) is 12.7 Å². The van der Waals surface area contributed by atoms with Crippen molar-refractivity contribution in [2.75, 3.05) is 46.5 Å². The van der Waals surface area contributed by atoms with Gasteiger partial charge in [0.15, 0.2) is 5.96 Å². The van der Waals surface area contributed by atoms with Gasteiger partial charge in [0.25, 0.3) is 0 Å². The number of hydrogen-bond donors (Lipinski definition) is 3. The third-order valence-corrected chi connectivity index (χ3v) is 3.87. The second kappa shape index (κ2) is 16.8. The van der Waals surface area contributed by atoms with Gasteiger partial charge in [-0.2, -0.15) is 0 Å². The Morgan fingerprint density at radius 2 is 1.84 bits per heavy atom. The van der Waals surface area contributed by atoms with E-state index in [1.54, 1.807) is 7.11 Å². The minimum atomic E-state index is -0.107. The molecule has 1 amide bonds. The number of rotatable bonds is 11. The number of methoxy groups -OCH3 is 1. The molecule has 1 saturated carbocycles. The van der Waals surface area contributed by atoms with Crippen molar-refractivity contribution in [2.24, 2.45) is 4.99 Å². The minimum absolute atomic E-state index is 0. The van der Waals surface area contributed by atoms with E-state index in [0.717, 1.165) is 26.1 Å². The number of hydrogen-bond acceptors (Lipinski definition) is 4. The summed E-state index contributed by atoms with van der Waals surface area (Å²) in [4.78, 5) is 15.9. The SMILES string of the molecule is CCNC(=NCC(=O)NCCOC)NCCCOC1CCCCC1.I. The van der Waals surface area contributed by atoms with E-state index in [0.29, 0.717) is 25.2 Å². The van der Waals surface area contributed by atoms with Gasteiger partial charge in [0.2, 0.25) is 5.91 Å². The second-order valence-electron chi connectivity index (χ2n) is 5.95. The molecule has 148 valence electrons. The summed E-state index contributed by atoms with van der Waals surface area (Å²) >= 11 is 0. The molecule has 7 nitrogen and oxygen atoms in total. The molecule has 0 aromatic heterocycles. The van der Waals surface area contributed by atoms with Crippen LogP contribution in [0, 0.1) is 0 Å². The predicted octanol–water partition coefficient (Wildman–Crippen LogP) is 1.66. The number of nitrogens with one attached hydrogen (secondary N) is 3. The van der Waals surface area contributed by atoms with Crippen LogP contribution in [-0.4, -0.2) is 64.5 Å². The Morgan fingerprint density at radius 1 is 1.08 bits per heavy atom. The second-order valence-corrected chi connectivity index (χ2v) is 5.95. The summed E-state index contributed by atoms with van der Waals surface area (Å²) in [5.41, 5.74) is 0. The maximum absolute atomic E-state index is 11.6. The van der Waals surface area contributed by atoms with E-state index in [4.69, 9.17) is 9.47 Å². The Kier molecular flexibility index (Phi) is 16.4. The van der Waals surface area contributed by atoms with E-state index in [-0.39, 0.29) is 36.4 Å². The Bertz CT molecular complexity index is 364. The zero-order chi connectivity index (χ0) is 17.5. The molecule has 25 heavy (non-hydrogen) atoms. The molecule has 0 saturated heterocycles. The van der Waals surface area contributed by atoms with Crippen LogP contribution < -0.4 is 16.0 Å². The molecule has 1 fully saturated rings. The molecule has 0 aromatic rings. The summed E-state index contributed by atoms with van der Waals surface area (Å²) in [6, 6.07) is 0. The highest BCUT2D eigenvalue weighted by atomic mass is 127. The van der Waals surface area contributed by atoms with Crippen molar-refractivity contribution in [1.29, 1.82) is 0 Å². The van der Waals surface area contributed by atoms with Gasteiger partial charge in [-0.3, -0.25) is 4.79 Å². The predicted molar refractivity (Wildman–Crippen MR) is 112 cm³/mol. The average Bonchev–Trinajstić information content (AvgIpc) is 2.60. The van der Waals surface area contributed by atoms with Gasteiger partial charge in [0, 0.05) is 33.4 Å². The number of carbonyl (C=O) groups excluding carboxylic acids is 1. The van der Waals surface area contributed by atoms with Gasteiger partial charge in [-0.1, -0.05) is 19.3 Å². The Balaban J connectivity index is 0.00000576. The number of ether oxygens (including phenoxy) is 2. The zero-order valence-electron chi connectivity index (χ0n) is 15.6. The molecule has 3 N–H and O–H groups in total. The molecule has 0 heterocycles. The van der Waals surface area contributed by atoms with Crippen molar-refractivity contribution in [3.63, 3.8) is 0 Å². The molecule has 0 bridgehead atoms. The topological polar surface area (TPSA) is 84.0 Å². The van der Waals surface area contributed by atoms with Crippen LogP contribution in [-0.2, 0) is 14.3 Å². The number of carbonyl (C=O) groups is 1. The fourth-order valence-electron chi connectivity index (χ4n) is 2.60. The molecule has 0 aromatic carbocycles. The number of guanidine groups is 1. The van der Waals surface area contributed by atoms with E-state index in [9.17, 15) is 4.79 Å². The van der Waals surface area contributed by atoms with Crippen molar-refractivity contribution in [2.45, 2.75) is 51.6 Å². The first kappa shape index (κ1) is 24.4. The number of aliphatic imine (C=N–C) groups is 1. The fourth-order valence-corrected chi connectivity index (χ4v) is 2.60. The number of amides is 1. The maximum Gasteiger partial charge on any atom is 0.241 e. The lowest BCUT2D eigenvalue weighted by molar-refractivity contribution is -0.119. The quantitative estimate of drug-likeness (QED) is 0.185. The van der Waals surface area contributed by atoms with E-state index in [1.807, 2.05) is 6.92 Å². The Morgan fingerprint density at radius 3 is 2.52 bits per heavy atom. The zero-order valence-corrected chi connectivity index (χ0v) is 18.0. The maximum atomic E-state index is 11.6. The van der Waals surface area contributed by atoms with Gasteiger partial charge >= 0.3 is 0 Å². The van der Waals surface area contributed by atoms with Crippen LogP contribution in [0.25, 0.3) is 0 Å². The summed E-state index contributed by atoms with van der Waals surface area (Å²) in [6.45, 7) is 5.44. The molecule has 0 spiro atoms. The van der Waals surface area contributed by atoms with Crippen LogP contribution in [0.5, 0.6) is 0 Å². The van der Waals surface area contributed by atoms with Crippen molar-refractivity contribution in [1.82, 2.24) is 16.0 Å². The standard InChI is InChI=1S/C17H34N4O3.HI/c1-3-18-17(21-14-16(22)19-11-13-23-2)20-10-7-12-24-15-8-5-4-6-9-15;/h15H,3-14H2,1-2H3,(H,19,22)(H2,18,20,21);1H. The average molecular weight is 470 g/mol. The molecular weight excluding hydrogens is 435 g/mol. The number of nitrogens with zero attached hydrogens (tertiary/aromatic N) is 1. The van der Waals surface area contributed by atoms with Crippen LogP contribution >= 0.6 is 24.0 Å². The van der Waals surface area contributed by atoms with Crippen LogP contribution in [0.1, 0.15) is 45.4 Å². The van der Waals surface area contributed by atoms with Crippen molar-refractivity contribution in [3.8, 4) is 0 Å². The lowest BCUT2D eigenvalue weighted by Crippen LogP contribution is -2.39. The molecular formula is C17H35IN4O3. The molecule has 0 atom stereocenters. The van der Waals surface area contributed by atoms with Crippen LogP contribution in [0.3, 0.4) is 0 Å². The Hall–Kier alpha value is -0.610. The van der Waals surface area contributed by atoms with Gasteiger partial charge in [0.1, 0.15) is 6.54 Å². The van der Waals surface area contributed by atoms with Crippen molar-refractivity contribution in [3.05, 3.63) is 0 Å². The van der Waals surface area contributed by atoms with E-state index in [2.05, 4.69) is 20.9 Å². The largest absolute Gasteiger partial charge is 0.383 e. The lowest BCUT2D eigenvalue weighted by Gasteiger charge is -2.22. The highest BCUT2D eigenvalue weighted by Gasteiger charge is 2.12. The first-order valence-electron chi connectivity index (χ1n) is 9.15. The van der Waals surface area contributed by atoms with Gasteiger partial charge in [-0.15, -0.1) is 24.0 Å². The Labute approximate surface area is 169 Å². The van der Waals surface area contributed by atoms with E-state index >= 15 is 0 Å². The van der Waals surface area contributed by atoms with Crippen molar-refractivity contribution < 1.29 is 14.3 Å². The van der Waals surface area contributed by atoms with Crippen molar-refractivity contribution >= 4 is 35.8 Å². The highest BCUT2D eigenvalue weighted by Crippen LogP contribution is 2.20. The van der Waals surface area contributed by atoms with E-state index < -0.39 is 0 Å². The third kappa shape index (κ3) is 13.3. The first-order chi connectivity index (χ1) is 11.8. The minimum Gasteiger partial charge on any atom is -0.383 e. The first-order valence-corrected chi connectivity index (χ1v) is 9.15. The monoisotopic (exact) mass is 470 g/mol. The molecule has 1 aliphatic rings. The normalized spacial score (nSPS) is 15.4. The molecule has 0 aliphatic heterocycles. The number of halogens is 1. The molecule has 0 radical (unpaired) electrons. The summed E-state index contributed by atoms with van der Waals surface area (Å²) in [5, 5.41) is 9.12.